The Balaban J connectivity index is -0.00000180. The summed E-state index contributed by atoms with van der Waals surface area (Å²) in [5.41, 5.74) is 0. The molecule has 3 nitrogen and oxygen atoms in total. The Kier molecular flexibility index (Phi) is 21.0. The van der Waals surface area contributed by atoms with Crippen LogP contribution in [-0.4, -0.2) is 23.4 Å². The van der Waals surface area contributed by atoms with Crippen molar-refractivity contribution in [1.82, 2.24) is 0 Å². The molecule has 0 aromatic heterocycles. The second kappa shape index (κ2) is 18.5. The Morgan fingerprint density at radius 1 is 0.905 bits per heavy atom. The third-order valence-electron chi connectivity index (χ3n) is 3.06. The van der Waals surface area contributed by atoms with Crippen LogP contribution in [0.25, 0.3) is 0 Å². The fourth-order valence-electron chi connectivity index (χ4n) is 1.78. The first-order valence-corrected chi connectivity index (χ1v) is 9.00. The molecule has 0 fully saturated rings. The summed E-state index contributed by atoms with van der Waals surface area (Å²) >= 11 is 1.36. The van der Waals surface area contributed by atoms with Gasteiger partial charge in [-0.25, -0.2) is 0 Å². The number of hydrogen-bond donors (Lipinski definition) is 0. The zero-order valence-corrected chi connectivity index (χ0v) is 16.9. The average molecular weight is 326 g/mol. The Labute approximate surface area is 158 Å². The molecule has 0 rings (SSSR count). The quantitative estimate of drug-likeness (QED) is 0.294. The molecule has 0 saturated heterocycles. The van der Waals surface area contributed by atoms with Crippen LogP contribution in [0.5, 0.6) is 0 Å². The number of carbonyl (C=O) groups is 2. The van der Waals surface area contributed by atoms with Crippen molar-refractivity contribution in [3.63, 3.8) is 0 Å². The van der Waals surface area contributed by atoms with E-state index in [9.17, 15) is 9.59 Å². The maximum absolute atomic E-state index is 11.6. The summed E-state index contributed by atoms with van der Waals surface area (Å²) in [6.45, 7) is 4.82. The number of thioether (sulfide) groups is 1. The third kappa shape index (κ3) is 18.4. The van der Waals surface area contributed by atoms with Crippen molar-refractivity contribution >= 4 is 22.8 Å². The summed E-state index contributed by atoms with van der Waals surface area (Å²) in [6.07, 6.45) is 9.67. The molecule has 0 aliphatic carbocycles. The summed E-state index contributed by atoms with van der Waals surface area (Å²) in [7, 11) is 0. The van der Waals surface area contributed by atoms with Gasteiger partial charge in [0.25, 0.3) is 0 Å². The van der Waals surface area contributed by atoms with E-state index in [1.54, 1.807) is 0 Å². The number of rotatable bonds is 13. The van der Waals surface area contributed by atoms with Crippen LogP contribution in [0.2, 0.25) is 0 Å². The van der Waals surface area contributed by atoms with Crippen LogP contribution >= 0.6 is 11.8 Å². The SMILES string of the molecule is CCCCCCOC(=O)CCC(=O)SCCCCCC.[H-].[Na+]. The third-order valence-corrected chi connectivity index (χ3v) is 4.07. The first kappa shape index (κ1) is 23.8. The molecule has 0 spiro atoms. The Bertz CT molecular complexity index is 240. The minimum atomic E-state index is -0.235. The summed E-state index contributed by atoms with van der Waals surface area (Å²) in [5, 5.41) is 0.115. The number of ether oxygens (including phenoxy) is 1. The molecule has 0 aromatic carbocycles. The molecule has 0 saturated carbocycles. The van der Waals surface area contributed by atoms with E-state index in [1.165, 1.54) is 43.9 Å². The monoisotopic (exact) mass is 326 g/mol. The molecule has 120 valence electrons. The molecule has 0 bridgehead atoms. The molecule has 0 N–H and O–H groups in total. The largest absolute Gasteiger partial charge is 1.00 e. The van der Waals surface area contributed by atoms with Crippen LogP contribution < -0.4 is 29.6 Å². The van der Waals surface area contributed by atoms with Gasteiger partial charge >= 0.3 is 35.5 Å². The van der Waals surface area contributed by atoms with Crippen LogP contribution in [0.3, 0.4) is 0 Å². The van der Waals surface area contributed by atoms with Gasteiger partial charge in [0, 0.05) is 12.2 Å². The van der Waals surface area contributed by atoms with E-state index >= 15 is 0 Å². The average Bonchev–Trinajstić information content (AvgIpc) is 2.44. The topological polar surface area (TPSA) is 43.4 Å². The predicted molar refractivity (Wildman–Crippen MR) is 87.1 cm³/mol. The molecule has 5 heteroatoms. The van der Waals surface area contributed by atoms with Crippen molar-refractivity contribution in [1.29, 1.82) is 0 Å². The van der Waals surface area contributed by atoms with Crippen molar-refractivity contribution in [3.05, 3.63) is 0 Å². The molecule has 0 unspecified atom stereocenters. The van der Waals surface area contributed by atoms with Crippen molar-refractivity contribution in [2.75, 3.05) is 12.4 Å². The fraction of sp³-hybridized carbons (Fsp3) is 0.875. The number of esters is 1. The van der Waals surface area contributed by atoms with Gasteiger partial charge in [-0.05, 0) is 12.8 Å². The summed E-state index contributed by atoms with van der Waals surface area (Å²) < 4.78 is 5.10. The van der Waals surface area contributed by atoms with Gasteiger partial charge in [-0.2, -0.15) is 0 Å². The maximum Gasteiger partial charge on any atom is 1.00 e. The van der Waals surface area contributed by atoms with Crippen molar-refractivity contribution in [3.8, 4) is 0 Å². The van der Waals surface area contributed by atoms with Crippen molar-refractivity contribution in [2.45, 2.75) is 78.1 Å². The van der Waals surface area contributed by atoms with Gasteiger partial charge in [0.05, 0.1) is 13.0 Å². The molecule has 0 aromatic rings. The molecule has 0 heterocycles. The smallest absolute Gasteiger partial charge is 1.00 e. The van der Waals surface area contributed by atoms with Gasteiger partial charge in [-0.1, -0.05) is 64.1 Å². The molecule has 0 aliphatic rings. The van der Waals surface area contributed by atoms with E-state index in [-0.39, 0.29) is 48.5 Å². The molecule has 0 amide bonds. The standard InChI is InChI=1S/C16H30O3S.Na.H/c1-3-5-7-9-13-19-15(17)11-12-16(18)20-14-10-8-6-4-2;;/h3-14H2,1-2H3;;/q;+1;-1. The summed E-state index contributed by atoms with van der Waals surface area (Å²) in [4.78, 5) is 23.0. The second-order valence-corrected chi connectivity index (χ2v) is 6.21. The summed E-state index contributed by atoms with van der Waals surface area (Å²) in [6, 6.07) is 0. The van der Waals surface area contributed by atoms with Crippen LogP contribution in [0.4, 0.5) is 0 Å². The minimum Gasteiger partial charge on any atom is -1.00 e. The van der Waals surface area contributed by atoms with Crippen LogP contribution in [0.1, 0.15) is 79.5 Å². The van der Waals surface area contributed by atoms with Gasteiger partial charge in [0.15, 0.2) is 5.12 Å². The van der Waals surface area contributed by atoms with Crippen molar-refractivity contribution < 1.29 is 45.3 Å². The van der Waals surface area contributed by atoms with Crippen LogP contribution in [-0.2, 0) is 14.3 Å². The van der Waals surface area contributed by atoms with Gasteiger partial charge in [-0.15, -0.1) is 0 Å². The van der Waals surface area contributed by atoms with E-state index in [0.717, 1.165) is 25.0 Å². The van der Waals surface area contributed by atoms with E-state index in [1.807, 2.05) is 0 Å². The van der Waals surface area contributed by atoms with Gasteiger partial charge in [0.1, 0.15) is 0 Å². The van der Waals surface area contributed by atoms with E-state index in [2.05, 4.69) is 13.8 Å². The van der Waals surface area contributed by atoms with Gasteiger partial charge in [0.2, 0.25) is 0 Å². The Morgan fingerprint density at radius 3 is 2.14 bits per heavy atom. The molecular weight excluding hydrogens is 295 g/mol. The Hall–Kier alpha value is 0.490. The second-order valence-electron chi connectivity index (χ2n) is 5.06. The zero-order chi connectivity index (χ0) is 15.1. The van der Waals surface area contributed by atoms with Gasteiger partial charge in [-0.3, -0.25) is 9.59 Å². The zero-order valence-electron chi connectivity index (χ0n) is 15.1. The predicted octanol–water partition coefficient (Wildman–Crippen LogP) is 1.85. The van der Waals surface area contributed by atoms with Crippen LogP contribution in [0, 0.1) is 0 Å². The van der Waals surface area contributed by atoms with Crippen LogP contribution in [0.15, 0.2) is 0 Å². The molecule has 0 radical (unpaired) electrons. The first-order chi connectivity index (χ1) is 9.70. The number of carbonyl (C=O) groups excluding carboxylic acids is 2. The molecule has 0 atom stereocenters. The van der Waals surface area contributed by atoms with E-state index in [4.69, 9.17) is 4.74 Å². The normalized spacial score (nSPS) is 10.0. The Morgan fingerprint density at radius 2 is 1.52 bits per heavy atom. The van der Waals surface area contributed by atoms with Crippen molar-refractivity contribution in [2.24, 2.45) is 0 Å². The number of hydrogen-bond acceptors (Lipinski definition) is 4. The van der Waals surface area contributed by atoms with E-state index in [0.29, 0.717) is 13.0 Å². The van der Waals surface area contributed by atoms with Gasteiger partial charge < -0.3 is 6.16 Å². The molecule has 21 heavy (non-hydrogen) atoms. The molecule has 0 aliphatic heterocycles. The number of unbranched alkanes of at least 4 members (excludes halogenated alkanes) is 6. The minimum absolute atomic E-state index is 0. The summed E-state index contributed by atoms with van der Waals surface area (Å²) in [5.74, 6) is 0.645. The van der Waals surface area contributed by atoms with E-state index < -0.39 is 0 Å². The first-order valence-electron chi connectivity index (χ1n) is 8.02. The molecular formula is C16H31NaO3S. The fourth-order valence-corrected chi connectivity index (χ4v) is 2.60. The maximum atomic E-state index is 11.6.